The van der Waals surface area contributed by atoms with Gasteiger partial charge >= 0.3 is 0 Å². The van der Waals surface area contributed by atoms with Gasteiger partial charge in [0.05, 0.1) is 12.3 Å². The molecule has 0 aliphatic carbocycles. The molecule has 0 radical (unpaired) electrons. The molecule has 20 heavy (non-hydrogen) atoms. The summed E-state index contributed by atoms with van der Waals surface area (Å²) in [6.07, 6.45) is 1.84. The van der Waals surface area contributed by atoms with Crippen molar-refractivity contribution >= 4 is 10.8 Å². The van der Waals surface area contributed by atoms with E-state index in [0.29, 0.717) is 0 Å². The van der Waals surface area contributed by atoms with Crippen molar-refractivity contribution in [2.24, 2.45) is 0 Å². The van der Waals surface area contributed by atoms with Crippen LogP contribution in [0.1, 0.15) is 28.5 Å². The van der Waals surface area contributed by atoms with Crippen LogP contribution < -0.4 is 5.32 Å². The van der Waals surface area contributed by atoms with E-state index in [1.165, 1.54) is 27.5 Å². The van der Waals surface area contributed by atoms with Crippen molar-refractivity contribution in [2.45, 2.75) is 19.9 Å². The zero-order chi connectivity index (χ0) is 14.1. The minimum Gasteiger partial charge on any atom is -0.469 e. The lowest BCUT2D eigenvalue weighted by Crippen LogP contribution is -2.18. The molecule has 0 saturated carbocycles. The quantitative estimate of drug-likeness (QED) is 0.761. The van der Waals surface area contributed by atoms with Gasteiger partial charge in [-0.1, -0.05) is 36.4 Å². The first-order valence-corrected chi connectivity index (χ1v) is 6.91. The highest BCUT2D eigenvalue weighted by atomic mass is 16.3. The molecule has 2 aromatic carbocycles. The SMILES string of the molecule is CNC(c1coc(C)c1)c1c(C)ccc2ccccc12. The molecule has 0 aliphatic rings. The molecule has 2 nitrogen and oxygen atoms in total. The molecule has 1 N–H and O–H groups in total. The van der Waals surface area contributed by atoms with Crippen LogP contribution in [0.15, 0.2) is 53.1 Å². The zero-order valence-electron chi connectivity index (χ0n) is 12.1. The summed E-state index contributed by atoms with van der Waals surface area (Å²) in [5.41, 5.74) is 3.79. The Labute approximate surface area is 119 Å². The predicted octanol–water partition coefficient (Wildman–Crippen LogP) is 4.36. The fourth-order valence-electron chi connectivity index (χ4n) is 2.88. The topological polar surface area (TPSA) is 25.2 Å². The van der Waals surface area contributed by atoms with E-state index in [9.17, 15) is 0 Å². The number of hydrogen-bond donors (Lipinski definition) is 1. The monoisotopic (exact) mass is 265 g/mol. The largest absolute Gasteiger partial charge is 0.469 e. The lowest BCUT2D eigenvalue weighted by atomic mass is 9.91. The maximum absolute atomic E-state index is 5.48. The Bertz CT molecular complexity index is 742. The number of aryl methyl sites for hydroxylation is 2. The summed E-state index contributed by atoms with van der Waals surface area (Å²) in [7, 11) is 1.99. The number of hydrogen-bond acceptors (Lipinski definition) is 2. The van der Waals surface area contributed by atoms with Crippen LogP contribution in [0.3, 0.4) is 0 Å². The fourth-order valence-corrected chi connectivity index (χ4v) is 2.88. The van der Waals surface area contributed by atoms with E-state index in [1.807, 2.05) is 20.2 Å². The third-order valence-corrected chi connectivity index (χ3v) is 3.85. The predicted molar refractivity (Wildman–Crippen MR) is 83.0 cm³/mol. The Balaban J connectivity index is 2.23. The second-order valence-electron chi connectivity index (χ2n) is 5.23. The molecule has 0 saturated heterocycles. The average molecular weight is 265 g/mol. The van der Waals surface area contributed by atoms with Gasteiger partial charge < -0.3 is 9.73 Å². The Morgan fingerprint density at radius 2 is 1.85 bits per heavy atom. The minimum absolute atomic E-state index is 0.151. The van der Waals surface area contributed by atoms with Gasteiger partial charge in [0.15, 0.2) is 0 Å². The summed E-state index contributed by atoms with van der Waals surface area (Å²) in [4.78, 5) is 0. The van der Waals surface area contributed by atoms with Gasteiger partial charge in [-0.15, -0.1) is 0 Å². The van der Waals surface area contributed by atoms with E-state index in [0.717, 1.165) is 5.76 Å². The van der Waals surface area contributed by atoms with Crippen LogP contribution in [0, 0.1) is 13.8 Å². The molecule has 2 heteroatoms. The van der Waals surface area contributed by atoms with Gasteiger partial charge in [0, 0.05) is 5.56 Å². The first-order chi connectivity index (χ1) is 9.70. The number of rotatable bonds is 3. The van der Waals surface area contributed by atoms with E-state index in [2.05, 4.69) is 54.7 Å². The van der Waals surface area contributed by atoms with Crippen molar-refractivity contribution in [1.82, 2.24) is 5.32 Å². The summed E-state index contributed by atoms with van der Waals surface area (Å²) in [6.45, 7) is 4.14. The highest BCUT2D eigenvalue weighted by molar-refractivity contribution is 5.87. The second kappa shape index (κ2) is 5.14. The molecule has 1 atom stereocenters. The van der Waals surface area contributed by atoms with Crippen molar-refractivity contribution in [3.8, 4) is 0 Å². The van der Waals surface area contributed by atoms with Gasteiger partial charge in [0.1, 0.15) is 5.76 Å². The van der Waals surface area contributed by atoms with E-state index < -0.39 is 0 Å². The third-order valence-electron chi connectivity index (χ3n) is 3.85. The highest BCUT2D eigenvalue weighted by Crippen LogP contribution is 2.32. The molecule has 0 fully saturated rings. The van der Waals surface area contributed by atoms with Crippen molar-refractivity contribution in [3.63, 3.8) is 0 Å². The normalized spacial score (nSPS) is 12.8. The van der Waals surface area contributed by atoms with Crippen LogP contribution in [0.25, 0.3) is 10.8 Å². The summed E-state index contributed by atoms with van der Waals surface area (Å²) in [6, 6.07) is 15.1. The van der Waals surface area contributed by atoms with Crippen molar-refractivity contribution in [1.29, 1.82) is 0 Å². The summed E-state index contributed by atoms with van der Waals surface area (Å²) in [5, 5.41) is 5.99. The van der Waals surface area contributed by atoms with Gasteiger partial charge in [-0.3, -0.25) is 0 Å². The summed E-state index contributed by atoms with van der Waals surface area (Å²) < 4.78 is 5.48. The number of furan rings is 1. The van der Waals surface area contributed by atoms with Crippen molar-refractivity contribution in [2.75, 3.05) is 7.05 Å². The Morgan fingerprint density at radius 1 is 1.05 bits per heavy atom. The number of benzene rings is 2. The summed E-state index contributed by atoms with van der Waals surface area (Å²) >= 11 is 0. The summed E-state index contributed by atoms with van der Waals surface area (Å²) in [5.74, 6) is 0.943. The average Bonchev–Trinajstić information content (AvgIpc) is 2.88. The van der Waals surface area contributed by atoms with Crippen molar-refractivity contribution in [3.05, 3.63) is 71.2 Å². The molecular weight excluding hydrogens is 246 g/mol. The minimum atomic E-state index is 0.151. The van der Waals surface area contributed by atoms with Gasteiger partial charge in [-0.2, -0.15) is 0 Å². The second-order valence-corrected chi connectivity index (χ2v) is 5.23. The lowest BCUT2D eigenvalue weighted by molar-refractivity contribution is 0.528. The Kier molecular flexibility index (Phi) is 3.33. The zero-order valence-corrected chi connectivity index (χ0v) is 12.1. The van der Waals surface area contributed by atoms with E-state index in [-0.39, 0.29) is 6.04 Å². The van der Waals surface area contributed by atoms with Crippen LogP contribution in [-0.2, 0) is 0 Å². The molecule has 3 aromatic rings. The standard InChI is InChI=1S/C18H19NO/c1-12-8-9-14-6-4-5-7-16(14)17(12)18(19-3)15-10-13(2)20-11-15/h4-11,18-19H,1-3H3. The highest BCUT2D eigenvalue weighted by Gasteiger charge is 2.18. The maximum atomic E-state index is 5.48. The van der Waals surface area contributed by atoms with E-state index in [4.69, 9.17) is 4.42 Å². The molecule has 1 unspecified atom stereocenters. The molecule has 0 spiro atoms. The van der Waals surface area contributed by atoms with Gasteiger partial charge in [0.25, 0.3) is 0 Å². The molecule has 1 heterocycles. The molecule has 3 rings (SSSR count). The lowest BCUT2D eigenvalue weighted by Gasteiger charge is -2.20. The molecule has 0 aliphatic heterocycles. The fraction of sp³-hybridized carbons (Fsp3) is 0.222. The van der Waals surface area contributed by atoms with Gasteiger partial charge in [-0.05, 0) is 48.9 Å². The van der Waals surface area contributed by atoms with Crippen LogP contribution in [-0.4, -0.2) is 7.05 Å². The van der Waals surface area contributed by atoms with Crippen LogP contribution >= 0.6 is 0 Å². The molecule has 0 amide bonds. The number of nitrogens with one attached hydrogen (secondary N) is 1. The van der Waals surface area contributed by atoms with Gasteiger partial charge in [-0.25, -0.2) is 0 Å². The van der Waals surface area contributed by atoms with E-state index >= 15 is 0 Å². The molecule has 1 aromatic heterocycles. The maximum Gasteiger partial charge on any atom is 0.101 e. The first kappa shape index (κ1) is 12.9. The van der Waals surface area contributed by atoms with E-state index in [1.54, 1.807) is 0 Å². The number of fused-ring (bicyclic) bond motifs is 1. The third kappa shape index (κ3) is 2.12. The Hall–Kier alpha value is -2.06. The van der Waals surface area contributed by atoms with Crippen LogP contribution in [0.4, 0.5) is 0 Å². The van der Waals surface area contributed by atoms with Crippen molar-refractivity contribution < 1.29 is 4.42 Å². The smallest absolute Gasteiger partial charge is 0.101 e. The first-order valence-electron chi connectivity index (χ1n) is 6.91. The van der Waals surface area contributed by atoms with Crippen LogP contribution in [0.2, 0.25) is 0 Å². The van der Waals surface area contributed by atoms with Gasteiger partial charge in [0.2, 0.25) is 0 Å². The molecular formula is C18H19NO. The van der Waals surface area contributed by atoms with Crippen LogP contribution in [0.5, 0.6) is 0 Å². The molecule has 0 bridgehead atoms. The Morgan fingerprint density at radius 3 is 2.55 bits per heavy atom. The molecule has 102 valence electrons.